The minimum Gasteiger partial charge on any atom is -0.332 e. The fraction of sp³-hybridized carbons (Fsp3) is 0.412. The molecule has 1 aromatic heterocycles. The van der Waals surface area contributed by atoms with Gasteiger partial charge in [0, 0.05) is 30.1 Å². The molecule has 0 radical (unpaired) electrons. The highest BCUT2D eigenvalue weighted by atomic mass is 16.2. The summed E-state index contributed by atoms with van der Waals surface area (Å²) in [5.41, 5.74) is 8.40. The fourth-order valence-electron chi connectivity index (χ4n) is 3.23. The molecule has 1 fully saturated rings. The summed E-state index contributed by atoms with van der Waals surface area (Å²) in [6.45, 7) is 4.09. The number of amides is 1. The van der Waals surface area contributed by atoms with Gasteiger partial charge in [0.1, 0.15) is 0 Å². The van der Waals surface area contributed by atoms with Crippen LogP contribution in [0.15, 0.2) is 36.5 Å². The number of nitrogens with two attached hydrogens (primary N) is 1. The molecule has 1 aliphatic heterocycles. The molecule has 2 aromatic rings. The highest BCUT2D eigenvalue weighted by Gasteiger charge is 2.36. The Labute approximate surface area is 125 Å². The average molecular weight is 283 g/mol. The van der Waals surface area contributed by atoms with Crippen LogP contribution in [0.4, 0.5) is 0 Å². The Bertz CT molecular complexity index is 668. The molecule has 2 N–H and O–H groups in total. The third kappa shape index (κ3) is 2.51. The van der Waals surface area contributed by atoms with Gasteiger partial charge < -0.3 is 10.6 Å². The predicted molar refractivity (Wildman–Crippen MR) is 83.7 cm³/mol. The number of rotatable bonds is 2. The van der Waals surface area contributed by atoms with Gasteiger partial charge in [-0.2, -0.15) is 0 Å². The number of likely N-dealkylation sites (tertiary alicyclic amines) is 1. The number of carbonyl (C=O) groups is 1. The Kier molecular flexibility index (Phi) is 3.64. The molecule has 1 saturated heterocycles. The van der Waals surface area contributed by atoms with Gasteiger partial charge in [0.2, 0.25) is 5.91 Å². The Hall–Kier alpha value is -1.94. The third-order valence-electron chi connectivity index (χ3n) is 4.21. The van der Waals surface area contributed by atoms with Gasteiger partial charge in [0.05, 0.1) is 11.6 Å². The summed E-state index contributed by atoms with van der Waals surface area (Å²) in [6, 6.07) is 10.2. The fourth-order valence-corrected chi connectivity index (χ4v) is 3.23. The number of carbonyl (C=O) groups excluding carboxylic acids is 1. The molecule has 4 nitrogen and oxygen atoms in total. The number of nitrogens with zero attached hydrogens (tertiary/aromatic N) is 2. The molecule has 21 heavy (non-hydrogen) atoms. The maximum Gasteiger partial charge on any atom is 0.223 e. The zero-order chi connectivity index (χ0) is 15.0. The lowest BCUT2D eigenvalue weighted by Crippen LogP contribution is -2.51. The SMILES string of the molecule is CC(C)N1C(=O)CCC(N)C1c1ccc2ncccc2c1. The molecule has 4 heteroatoms. The summed E-state index contributed by atoms with van der Waals surface area (Å²) in [5.74, 6) is 0.197. The Morgan fingerprint density at radius 3 is 2.90 bits per heavy atom. The molecule has 2 unspecified atom stereocenters. The minimum atomic E-state index is -0.0455. The van der Waals surface area contributed by atoms with E-state index >= 15 is 0 Å². The monoisotopic (exact) mass is 283 g/mol. The van der Waals surface area contributed by atoms with Gasteiger partial charge >= 0.3 is 0 Å². The van der Waals surface area contributed by atoms with Crippen LogP contribution in [-0.4, -0.2) is 27.9 Å². The summed E-state index contributed by atoms with van der Waals surface area (Å²) >= 11 is 0. The molecular weight excluding hydrogens is 262 g/mol. The first-order chi connectivity index (χ1) is 10.1. The van der Waals surface area contributed by atoms with E-state index in [1.54, 1.807) is 6.20 Å². The van der Waals surface area contributed by atoms with Gasteiger partial charge in [0.25, 0.3) is 0 Å². The molecule has 1 amide bonds. The summed E-state index contributed by atoms with van der Waals surface area (Å²) in [5, 5.41) is 1.09. The Morgan fingerprint density at radius 2 is 2.14 bits per heavy atom. The smallest absolute Gasteiger partial charge is 0.223 e. The van der Waals surface area contributed by atoms with Crippen molar-refractivity contribution >= 4 is 16.8 Å². The molecule has 0 aliphatic carbocycles. The van der Waals surface area contributed by atoms with E-state index in [-0.39, 0.29) is 24.0 Å². The second-order valence-corrected chi connectivity index (χ2v) is 6.00. The van der Waals surface area contributed by atoms with Crippen molar-refractivity contribution in [1.82, 2.24) is 9.88 Å². The first-order valence-electron chi connectivity index (χ1n) is 7.49. The highest BCUT2D eigenvalue weighted by Crippen LogP contribution is 2.33. The van der Waals surface area contributed by atoms with Crippen molar-refractivity contribution in [2.24, 2.45) is 5.73 Å². The zero-order valence-electron chi connectivity index (χ0n) is 12.5. The molecule has 1 aromatic carbocycles. The minimum absolute atomic E-state index is 0.0146. The summed E-state index contributed by atoms with van der Waals surface area (Å²) in [6.07, 6.45) is 3.08. The first-order valence-corrected chi connectivity index (χ1v) is 7.49. The van der Waals surface area contributed by atoms with Crippen LogP contribution in [0.5, 0.6) is 0 Å². The van der Waals surface area contributed by atoms with Crippen molar-refractivity contribution in [3.63, 3.8) is 0 Å². The van der Waals surface area contributed by atoms with E-state index in [9.17, 15) is 4.79 Å². The van der Waals surface area contributed by atoms with Crippen LogP contribution in [0, 0.1) is 0 Å². The van der Waals surface area contributed by atoms with E-state index < -0.39 is 0 Å². The van der Waals surface area contributed by atoms with E-state index in [1.165, 1.54) is 0 Å². The molecule has 0 spiro atoms. The molecule has 110 valence electrons. The number of hydrogen-bond donors (Lipinski definition) is 1. The summed E-state index contributed by atoms with van der Waals surface area (Å²) < 4.78 is 0. The maximum absolute atomic E-state index is 12.3. The summed E-state index contributed by atoms with van der Waals surface area (Å²) in [7, 11) is 0. The number of aromatic nitrogens is 1. The lowest BCUT2D eigenvalue weighted by Gasteiger charge is -2.42. The second kappa shape index (κ2) is 5.45. The van der Waals surface area contributed by atoms with E-state index in [4.69, 9.17) is 5.73 Å². The standard InChI is InChI=1S/C17H21N3O/c1-11(2)20-16(21)8-6-14(18)17(20)13-5-7-15-12(10-13)4-3-9-19-15/h3-5,7,9-11,14,17H,6,8,18H2,1-2H3. The zero-order valence-corrected chi connectivity index (χ0v) is 12.5. The van der Waals surface area contributed by atoms with Crippen LogP contribution < -0.4 is 5.73 Å². The third-order valence-corrected chi connectivity index (χ3v) is 4.21. The Balaban J connectivity index is 2.06. The van der Waals surface area contributed by atoms with Gasteiger partial charge in [-0.1, -0.05) is 12.1 Å². The number of pyridine rings is 1. The first kappa shape index (κ1) is 14.0. The molecule has 2 heterocycles. The molecule has 0 saturated carbocycles. The molecule has 1 aliphatic rings. The molecule has 0 bridgehead atoms. The molecule has 3 rings (SSSR count). The highest BCUT2D eigenvalue weighted by molar-refractivity contribution is 5.81. The van der Waals surface area contributed by atoms with Crippen molar-refractivity contribution in [3.8, 4) is 0 Å². The predicted octanol–water partition coefficient (Wildman–Crippen LogP) is 2.63. The van der Waals surface area contributed by atoms with Crippen LogP contribution >= 0.6 is 0 Å². The van der Waals surface area contributed by atoms with Crippen LogP contribution in [0.2, 0.25) is 0 Å². The van der Waals surface area contributed by atoms with Gasteiger partial charge in [-0.3, -0.25) is 9.78 Å². The quantitative estimate of drug-likeness (QED) is 0.921. The van der Waals surface area contributed by atoms with Crippen LogP contribution in [0.25, 0.3) is 10.9 Å². The van der Waals surface area contributed by atoms with Gasteiger partial charge in [-0.05, 0) is 44.0 Å². The van der Waals surface area contributed by atoms with Crippen molar-refractivity contribution in [2.75, 3.05) is 0 Å². The van der Waals surface area contributed by atoms with E-state index in [0.717, 1.165) is 22.9 Å². The van der Waals surface area contributed by atoms with E-state index in [1.807, 2.05) is 43.0 Å². The lowest BCUT2D eigenvalue weighted by molar-refractivity contribution is -0.139. The van der Waals surface area contributed by atoms with Gasteiger partial charge in [-0.25, -0.2) is 0 Å². The van der Waals surface area contributed by atoms with Crippen LogP contribution in [0.1, 0.15) is 38.3 Å². The molecular formula is C17H21N3O. The van der Waals surface area contributed by atoms with Crippen molar-refractivity contribution in [3.05, 3.63) is 42.1 Å². The van der Waals surface area contributed by atoms with Crippen molar-refractivity contribution in [1.29, 1.82) is 0 Å². The number of benzene rings is 1. The van der Waals surface area contributed by atoms with E-state index in [2.05, 4.69) is 11.1 Å². The van der Waals surface area contributed by atoms with Gasteiger partial charge in [-0.15, -0.1) is 0 Å². The normalized spacial score (nSPS) is 23.0. The average Bonchev–Trinajstić information content (AvgIpc) is 2.48. The largest absolute Gasteiger partial charge is 0.332 e. The van der Waals surface area contributed by atoms with Crippen molar-refractivity contribution in [2.45, 2.75) is 44.8 Å². The van der Waals surface area contributed by atoms with Crippen LogP contribution in [0.3, 0.4) is 0 Å². The number of fused-ring (bicyclic) bond motifs is 1. The van der Waals surface area contributed by atoms with E-state index in [0.29, 0.717) is 6.42 Å². The van der Waals surface area contributed by atoms with Crippen molar-refractivity contribution < 1.29 is 4.79 Å². The molecule has 2 atom stereocenters. The Morgan fingerprint density at radius 1 is 1.33 bits per heavy atom. The maximum atomic E-state index is 12.3. The number of piperidine rings is 1. The second-order valence-electron chi connectivity index (χ2n) is 6.00. The van der Waals surface area contributed by atoms with Crippen LogP contribution in [-0.2, 0) is 4.79 Å². The lowest BCUT2D eigenvalue weighted by atomic mass is 9.89. The topological polar surface area (TPSA) is 59.2 Å². The van der Waals surface area contributed by atoms with Gasteiger partial charge in [0.15, 0.2) is 0 Å². The number of hydrogen-bond acceptors (Lipinski definition) is 3. The summed E-state index contributed by atoms with van der Waals surface area (Å²) in [4.78, 5) is 18.6.